The fourth-order valence-electron chi connectivity index (χ4n) is 0.800. The Kier molecular flexibility index (Phi) is 3.22. The lowest BCUT2D eigenvalue weighted by Gasteiger charge is -2.05. The topological polar surface area (TPSA) is 71.5 Å². The molecule has 0 spiro atoms. The Labute approximate surface area is 75.3 Å². The van der Waals surface area contributed by atoms with Crippen LogP contribution in [0, 0.1) is 0 Å². The van der Waals surface area contributed by atoms with Gasteiger partial charge < -0.3 is 5.11 Å². The van der Waals surface area contributed by atoms with Crippen molar-refractivity contribution in [3.63, 3.8) is 0 Å². The molecule has 0 saturated carbocycles. The van der Waals surface area contributed by atoms with E-state index < -0.39 is 5.97 Å². The molecule has 13 heavy (non-hydrogen) atoms. The van der Waals surface area contributed by atoms with Crippen LogP contribution >= 0.6 is 0 Å². The molecule has 0 atom stereocenters. The van der Waals surface area contributed by atoms with E-state index in [2.05, 4.69) is 10.5 Å². The summed E-state index contributed by atoms with van der Waals surface area (Å²) in [6.07, 6.45) is 1.49. The zero-order chi connectivity index (χ0) is 9.68. The minimum absolute atomic E-state index is 0.0935. The van der Waals surface area contributed by atoms with Crippen LogP contribution in [0.15, 0.2) is 18.3 Å². The second-order valence-corrected chi connectivity index (χ2v) is 2.24. The molecule has 70 valence electrons. The smallest absolute Gasteiger partial charge is 0.339 e. The quantitative estimate of drug-likeness (QED) is 0.683. The summed E-state index contributed by atoms with van der Waals surface area (Å²) in [6.45, 7) is 2.23. The van der Waals surface area contributed by atoms with Crippen molar-refractivity contribution in [2.45, 2.75) is 6.92 Å². The second-order valence-electron chi connectivity index (χ2n) is 2.24. The van der Waals surface area contributed by atoms with E-state index in [1.165, 1.54) is 12.3 Å². The van der Waals surface area contributed by atoms with Gasteiger partial charge in [-0.2, -0.15) is 0 Å². The Balaban J connectivity index is 2.84. The molecule has 0 aliphatic rings. The molecule has 0 fully saturated rings. The number of aromatic nitrogens is 1. The molecule has 1 rings (SSSR count). The third-order valence-corrected chi connectivity index (χ3v) is 1.35. The van der Waals surface area contributed by atoms with Gasteiger partial charge in [-0.1, -0.05) is 0 Å². The van der Waals surface area contributed by atoms with E-state index in [1.807, 2.05) is 0 Å². The molecule has 0 saturated heterocycles. The minimum Gasteiger partial charge on any atom is -0.478 e. The van der Waals surface area contributed by atoms with Crippen molar-refractivity contribution in [1.29, 1.82) is 0 Å². The Morgan fingerprint density at radius 1 is 1.77 bits per heavy atom. The highest BCUT2D eigenvalue weighted by molar-refractivity contribution is 5.92. The van der Waals surface area contributed by atoms with Gasteiger partial charge in [0.2, 0.25) is 0 Å². The third-order valence-electron chi connectivity index (χ3n) is 1.35. The van der Waals surface area contributed by atoms with Gasteiger partial charge in [-0.3, -0.25) is 4.84 Å². The van der Waals surface area contributed by atoms with Crippen LogP contribution in [0.4, 0.5) is 5.82 Å². The van der Waals surface area contributed by atoms with Crippen molar-refractivity contribution in [3.05, 3.63) is 23.9 Å². The van der Waals surface area contributed by atoms with Gasteiger partial charge in [-0.05, 0) is 19.1 Å². The van der Waals surface area contributed by atoms with Gasteiger partial charge in [-0.15, -0.1) is 0 Å². The number of nitrogens with zero attached hydrogens (tertiary/aromatic N) is 1. The van der Waals surface area contributed by atoms with Crippen LogP contribution in [0.25, 0.3) is 0 Å². The average molecular weight is 182 g/mol. The van der Waals surface area contributed by atoms with Crippen molar-refractivity contribution < 1.29 is 14.7 Å². The van der Waals surface area contributed by atoms with Gasteiger partial charge in [0.15, 0.2) is 5.82 Å². The molecule has 1 aromatic rings. The number of nitrogens with one attached hydrogen (secondary N) is 1. The molecule has 5 heteroatoms. The Bertz CT molecular complexity index is 301. The van der Waals surface area contributed by atoms with Gasteiger partial charge in [0.25, 0.3) is 0 Å². The number of carboxylic acids is 1. The first-order chi connectivity index (χ1) is 6.25. The number of pyridine rings is 1. The summed E-state index contributed by atoms with van der Waals surface area (Å²) in [5.74, 6) is -0.813. The van der Waals surface area contributed by atoms with E-state index in [0.717, 1.165) is 0 Å². The van der Waals surface area contributed by atoms with E-state index >= 15 is 0 Å². The summed E-state index contributed by atoms with van der Waals surface area (Å²) in [5, 5.41) is 8.73. The first kappa shape index (κ1) is 9.47. The summed E-state index contributed by atoms with van der Waals surface area (Å²) in [7, 11) is 0. The SMILES string of the molecule is CCONc1ncccc1C(=O)O. The van der Waals surface area contributed by atoms with Crippen LogP contribution in [0.5, 0.6) is 0 Å². The molecule has 0 bridgehead atoms. The maximum absolute atomic E-state index is 10.6. The predicted molar refractivity (Wildman–Crippen MR) is 46.4 cm³/mol. The lowest BCUT2D eigenvalue weighted by molar-refractivity contribution is 0.0696. The molecule has 0 aliphatic heterocycles. The predicted octanol–water partition coefficient (Wildman–Crippen LogP) is 1.14. The Hall–Kier alpha value is -1.62. The minimum atomic E-state index is -1.03. The number of anilines is 1. The molecule has 1 aromatic heterocycles. The maximum atomic E-state index is 10.6. The summed E-state index contributed by atoms with van der Waals surface area (Å²) < 4.78 is 0. The monoisotopic (exact) mass is 182 g/mol. The van der Waals surface area contributed by atoms with E-state index in [-0.39, 0.29) is 11.4 Å². The normalized spacial score (nSPS) is 9.62. The van der Waals surface area contributed by atoms with Gasteiger partial charge in [0, 0.05) is 6.20 Å². The van der Waals surface area contributed by atoms with Gasteiger partial charge in [0.1, 0.15) is 5.56 Å². The largest absolute Gasteiger partial charge is 0.478 e. The van der Waals surface area contributed by atoms with Crippen LogP contribution in [0.2, 0.25) is 0 Å². The molecule has 5 nitrogen and oxygen atoms in total. The fourth-order valence-corrected chi connectivity index (χ4v) is 0.800. The number of hydrogen-bond acceptors (Lipinski definition) is 4. The summed E-state index contributed by atoms with van der Waals surface area (Å²) in [4.78, 5) is 19.3. The van der Waals surface area contributed by atoms with Crippen LogP contribution in [0.1, 0.15) is 17.3 Å². The fraction of sp³-hybridized carbons (Fsp3) is 0.250. The molecule has 0 aliphatic carbocycles. The maximum Gasteiger partial charge on any atom is 0.339 e. The van der Waals surface area contributed by atoms with E-state index in [4.69, 9.17) is 9.94 Å². The second kappa shape index (κ2) is 4.42. The average Bonchev–Trinajstić information content (AvgIpc) is 2.15. The van der Waals surface area contributed by atoms with Gasteiger partial charge >= 0.3 is 5.97 Å². The Morgan fingerprint density at radius 3 is 3.15 bits per heavy atom. The zero-order valence-electron chi connectivity index (χ0n) is 7.15. The molecular formula is C8H10N2O3. The van der Waals surface area contributed by atoms with Crippen LogP contribution < -0.4 is 5.48 Å². The van der Waals surface area contributed by atoms with Gasteiger partial charge in [0.05, 0.1) is 6.61 Å². The number of rotatable bonds is 4. The van der Waals surface area contributed by atoms with Crippen molar-refractivity contribution in [1.82, 2.24) is 4.98 Å². The summed E-state index contributed by atoms with van der Waals surface area (Å²) >= 11 is 0. The van der Waals surface area contributed by atoms with Crippen molar-refractivity contribution in [2.75, 3.05) is 12.1 Å². The lowest BCUT2D eigenvalue weighted by Crippen LogP contribution is -2.08. The number of aromatic carboxylic acids is 1. The van der Waals surface area contributed by atoms with Crippen molar-refractivity contribution in [2.24, 2.45) is 0 Å². The van der Waals surface area contributed by atoms with E-state index in [1.54, 1.807) is 13.0 Å². The van der Waals surface area contributed by atoms with E-state index in [9.17, 15) is 4.79 Å². The standard InChI is InChI=1S/C8H10N2O3/c1-2-13-10-7-6(8(11)12)4-3-5-9-7/h3-5H,2H2,1H3,(H,9,10)(H,11,12). The Morgan fingerprint density at radius 2 is 2.54 bits per heavy atom. The number of hydrogen-bond donors (Lipinski definition) is 2. The zero-order valence-corrected chi connectivity index (χ0v) is 7.15. The molecule has 2 N–H and O–H groups in total. The molecule has 1 heterocycles. The molecule has 0 amide bonds. The number of carbonyl (C=O) groups is 1. The first-order valence-corrected chi connectivity index (χ1v) is 3.81. The highest BCUT2D eigenvalue weighted by Gasteiger charge is 2.09. The highest BCUT2D eigenvalue weighted by Crippen LogP contribution is 2.10. The van der Waals surface area contributed by atoms with Crippen LogP contribution in [-0.2, 0) is 4.84 Å². The summed E-state index contributed by atoms with van der Waals surface area (Å²) in [6, 6.07) is 3.01. The van der Waals surface area contributed by atoms with Crippen LogP contribution in [-0.4, -0.2) is 22.7 Å². The highest BCUT2D eigenvalue weighted by atomic mass is 16.6. The van der Waals surface area contributed by atoms with E-state index in [0.29, 0.717) is 6.61 Å². The van der Waals surface area contributed by atoms with Crippen molar-refractivity contribution >= 4 is 11.8 Å². The molecular weight excluding hydrogens is 172 g/mol. The molecule has 0 unspecified atom stereocenters. The lowest BCUT2D eigenvalue weighted by atomic mass is 10.2. The molecule has 0 aromatic carbocycles. The first-order valence-electron chi connectivity index (χ1n) is 3.81. The third kappa shape index (κ3) is 2.41. The van der Waals surface area contributed by atoms with Crippen molar-refractivity contribution in [3.8, 4) is 0 Å². The molecule has 0 radical (unpaired) electrons. The summed E-state index contributed by atoms with van der Waals surface area (Å²) in [5.41, 5.74) is 2.55. The van der Waals surface area contributed by atoms with Crippen LogP contribution in [0.3, 0.4) is 0 Å². The number of carboxylic acid groups (broad SMARTS) is 1. The van der Waals surface area contributed by atoms with Gasteiger partial charge in [-0.25, -0.2) is 15.3 Å².